The smallest absolute Gasteiger partial charge is 0.239 e. The van der Waals surface area contributed by atoms with Crippen molar-refractivity contribution >= 4 is 11.6 Å². The summed E-state index contributed by atoms with van der Waals surface area (Å²) in [4.78, 5) is 11.8. The normalized spacial score (nSPS) is 9.96. The number of anilines is 1. The van der Waals surface area contributed by atoms with Crippen molar-refractivity contribution in [3.63, 3.8) is 0 Å². The van der Waals surface area contributed by atoms with Gasteiger partial charge < -0.3 is 20.1 Å². The van der Waals surface area contributed by atoms with E-state index in [2.05, 4.69) is 10.6 Å². The van der Waals surface area contributed by atoms with Crippen LogP contribution in [0.3, 0.4) is 0 Å². The molecule has 0 saturated carbocycles. The minimum absolute atomic E-state index is 0.0898. The molecule has 2 aromatic carbocycles. The van der Waals surface area contributed by atoms with Gasteiger partial charge in [0, 0.05) is 0 Å². The second-order valence-electron chi connectivity index (χ2n) is 4.79. The van der Waals surface area contributed by atoms with Crippen LogP contribution in [-0.4, -0.2) is 32.2 Å². The van der Waals surface area contributed by atoms with Crippen LogP contribution < -0.4 is 20.1 Å². The average molecular weight is 314 g/mol. The number of carbonyl (C=O) groups is 1. The van der Waals surface area contributed by atoms with Crippen LogP contribution in [0.4, 0.5) is 5.69 Å². The van der Waals surface area contributed by atoms with Crippen LogP contribution in [0.2, 0.25) is 0 Å². The first-order valence-electron chi connectivity index (χ1n) is 7.70. The fourth-order valence-electron chi connectivity index (χ4n) is 2.01. The molecule has 23 heavy (non-hydrogen) atoms. The molecule has 2 rings (SSSR count). The Labute approximate surface area is 136 Å². The van der Waals surface area contributed by atoms with Gasteiger partial charge in [0.15, 0.2) is 0 Å². The second-order valence-corrected chi connectivity index (χ2v) is 4.79. The van der Waals surface area contributed by atoms with Crippen molar-refractivity contribution in [1.29, 1.82) is 0 Å². The Hall–Kier alpha value is -2.69. The highest BCUT2D eigenvalue weighted by molar-refractivity contribution is 5.81. The van der Waals surface area contributed by atoms with Gasteiger partial charge in [0.2, 0.25) is 5.91 Å². The van der Waals surface area contributed by atoms with E-state index >= 15 is 0 Å². The van der Waals surface area contributed by atoms with E-state index in [0.29, 0.717) is 19.8 Å². The van der Waals surface area contributed by atoms with Gasteiger partial charge in [0.25, 0.3) is 0 Å². The third-order valence-electron chi connectivity index (χ3n) is 3.06. The van der Waals surface area contributed by atoms with Gasteiger partial charge in [-0.05, 0) is 31.2 Å². The molecule has 5 nitrogen and oxygen atoms in total. The van der Waals surface area contributed by atoms with Crippen LogP contribution in [-0.2, 0) is 4.79 Å². The van der Waals surface area contributed by atoms with Crippen LogP contribution in [0.25, 0.3) is 0 Å². The van der Waals surface area contributed by atoms with Crippen molar-refractivity contribution in [3.05, 3.63) is 54.6 Å². The van der Waals surface area contributed by atoms with E-state index in [1.807, 2.05) is 61.5 Å². The predicted octanol–water partition coefficient (Wildman–Crippen LogP) is 2.69. The highest BCUT2D eigenvalue weighted by Gasteiger charge is 2.05. The minimum atomic E-state index is -0.0898. The summed E-state index contributed by atoms with van der Waals surface area (Å²) in [5.41, 5.74) is 0.810. The van der Waals surface area contributed by atoms with Gasteiger partial charge >= 0.3 is 0 Å². The topological polar surface area (TPSA) is 59.6 Å². The Bertz CT molecular complexity index is 602. The number of rotatable bonds is 9. The number of hydrogen-bond acceptors (Lipinski definition) is 4. The molecule has 2 N–H and O–H groups in total. The van der Waals surface area contributed by atoms with Crippen molar-refractivity contribution in [1.82, 2.24) is 5.32 Å². The summed E-state index contributed by atoms with van der Waals surface area (Å²) in [6.45, 7) is 3.60. The fraction of sp³-hybridized carbons (Fsp3) is 0.278. The van der Waals surface area contributed by atoms with Gasteiger partial charge in [0.05, 0.1) is 25.4 Å². The molecule has 0 bridgehead atoms. The first kappa shape index (κ1) is 16.7. The molecular formula is C18H22N2O3. The van der Waals surface area contributed by atoms with E-state index < -0.39 is 0 Å². The Morgan fingerprint density at radius 2 is 1.74 bits per heavy atom. The van der Waals surface area contributed by atoms with Gasteiger partial charge in [-0.15, -0.1) is 0 Å². The lowest BCUT2D eigenvalue weighted by Gasteiger charge is -2.12. The van der Waals surface area contributed by atoms with Gasteiger partial charge in [-0.1, -0.05) is 30.3 Å². The fourth-order valence-corrected chi connectivity index (χ4v) is 2.01. The molecular weight excluding hydrogens is 292 g/mol. The SMILES string of the molecule is CCOc1ccccc1NCC(=O)NCCOc1ccccc1. The number of benzene rings is 2. The summed E-state index contributed by atoms with van der Waals surface area (Å²) in [7, 11) is 0. The number of nitrogens with one attached hydrogen (secondary N) is 2. The Morgan fingerprint density at radius 1 is 1.00 bits per heavy atom. The molecule has 0 aromatic heterocycles. The first-order chi connectivity index (χ1) is 11.3. The minimum Gasteiger partial charge on any atom is -0.492 e. The molecule has 0 atom stereocenters. The highest BCUT2D eigenvalue weighted by Crippen LogP contribution is 2.23. The van der Waals surface area contributed by atoms with Gasteiger partial charge in [0.1, 0.15) is 18.1 Å². The lowest BCUT2D eigenvalue weighted by Crippen LogP contribution is -2.33. The molecule has 0 aliphatic carbocycles. The summed E-state index contributed by atoms with van der Waals surface area (Å²) < 4.78 is 11.0. The zero-order chi connectivity index (χ0) is 16.3. The van der Waals surface area contributed by atoms with Crippen LogP contribution in [0.5, 0.6) is 11.5 Å². The average Bonchev–Trinajstić information content (AvgIpc) is 2.59. The third kappa shape index (κ3) is 5.90. The molecule has 0 aliphatic rings. The molecule has 0 fully saturated rings. The van der Waals surface area contributed by atoms with Crippen molar-refractivity contribution in [2.45, 2.75) is 6.92 Å². The molecule has 2 aromatic rings. The maximum Gasteiger partial charge on any atom is 0.239 e. The summed E-state index contributed by atoms with van der Waals surface area (Å²) in [5.74, 6) is 1.45. The summed E-state index contributed by atoms with van der Waals surface area (Å²) in [5, 5.41) is 5.89. The third-order valence-corrected chi connectivity index (χ3v) is 3.06. The van der Waals surface area contributed by atoms with Crippen molar-refractivity contribution < 1.29 is 14.3 Å². The maximum atomic E-state index is 11.8. The van der Waals surface area contributed by atoms with Gasteiger partial charge in [-0.25, -0.2) is 0 Å². The molecule has 0 spiro atoms. The number of para-hydroxylation sites is 3. The van der Waals surface area contributed by atoms with E-state index in [4.69, 9.17) is 9.47 Å². The van der Waals surface area contributed by atoms with Crippen LogP contribution in [0.1, 0.15) is 6.92 Å². The van der Waals surface area contributed by atoms with Crippen molar-refractivity contribution in [3.8, 4) is 11.5 Å². The largest absolute Gasteiger partial charge is 0.492 e. The quantitative estimate of drug-likeness (QED) is 0.699. The molecule has 1 amide bonds. The van der Waals surface area contributed by atoms with E-state index in [1.165, 1.54) is 0 Å². The Morgan fingerprint density at radius 3 is 2.52 bits per heavy atom. The Balaban J connectivity index is 1.67. The van der Waals surface area contributed by atoms with Crippen molar-refractivity contribution in [2.75, 3.05) is 31.6 Å². The molecule has 122 valence electrons. The first-order valence-corrected chi connectivity index (χ1v) is 7.70. The lowest BCUT2D eigenvalue weighted by molar-refractivity contribution is -0.119. The van der Waals surface area contributed by atoms with Gasteiger partial charge in [-0.2, -0.15) is 0 Å². The van der Waals surface area contributed by atoms with E-state index in [0.717, 1.165) is 17.2 Å². The zero-order valence-electron chi connectivity index (χ0n) is 13.2. The summed E-state index contributed by atoms with van der Waals surface area (Å²) in [6.07, 6.45) is 0. The number of hydrogen-bond donors (Lipinski definition) is 2. The van der Waals surface area contributed by atoms with Crippen molar-refractivity contribution in [2.24, 2.45) is 0 Å². The Kier molecular flexibility index (Phi) is 6.78. The molecule has 0 aliphatic heterocycles. The molecule has 0 radical (unpaired) electrons. The predicted molar refractivity (Wildman–Crippen MR) is 91.0 cm³/mol. The number of carbonyl (C=O) groups excluding carboxylic acids is 1. The standard InChI is InChI=1S/C18H22N2O3/c1-2-22-17-11-7-6-10-16(17)20-14-18(21)19-12-13-23-15-8-4-3-5-9-15/h3-11,20H,2,12-14H2,1H3,(H,19,21). The zero-order valence-corrected chi connectivity index (χ0v) is 13.2. The molecule has 0 heterocycles. The van der Waals surface area contributed by atoms with Gasteiger partial charge in [-0.3, -0.25) is 4.79 Å². The van der Waals surface area contributed by atoms with E-state index in [-0.39, 0.29) is 12.5 Å². The lowest BCUT2D eigenvalue weighted by atomic mass is 10.3. The highest BCUT2D eigenvalue weighted by atomic mass is 16.5. The second kappa shape index (κ2) is 9.35. The maximum absolute atomic E-state index is 11.8. The van der Waals surface area contributed by atoms with E-state index in [1.54, 1.807) is 0 Å². The summed E-state index contributed by atoms with van der Waals surface area (Å²) >= 11 is 0. The molecule has 5 heteroatoms. The number of amides is 1. The van der Waals surface area contributed by atoms with Crippen LogP contribution >= 0.6 is 0 Å². The van der Waals surface area contributed by atoms with E-state index in [9.17, 15) is 4.79 Å². The summed E-state index contributed by atoms with van der Waals surface area (Å²) in [6, 6.07) is 17.1. The van der Waals surface area contributed by atoms with Crippen LogP contribution in [0, 0.1) is 0 Å². The monoisotopic (exact) mass is 314 g/mol. The number of ether oxygens (including phenoxy) is 2. The molecule has 0 saturated heterocycles. The molecule has 0 unspecified atom stereocenters. The van der Waals surface area contributed by atoms with Crippen LogP contribution in [0.15, 0.2) is 54.6 Å².